The van der Waals surface area contributed by atoms with Crippen LogP contribution in [0.2, 0.25) is 0 Å². The third kappa shape index (κ3) is 4.70. The summed E-state index contributed by atoms with van der Waals surface area (Å²) in [7, 11) is 0. The highest BCUT2D eigenvalue weighted by molar-refractivity contribution is 7.99. The first-order valence-electron chi connectivity index (χ1n) is 10.9. The first kappa shape index (κ1) is 22.1. The molecule has 0 radical (unpaired) electrons. The molecule has 3 aromatic rings. The van der Waals surface area contributed by atoms with E-state index in [2.05, 4.69) is 10.3 Å². The molecule has 1 aliphatic rings. The van der Waals surface area contributed by atoms with Crippen LogP contribution < -0.4 is 10.9 Å². The van der Waals surface area contributed by atoms with Gasteiger partial charge in [0.25, 0.3) is 5.56 Å². The molecule has 166 valence electrons. The molecule has 1 aliphatic heterocycles. The fourth-order valence-electron chi connectivity index (χ4n) is 3.88. The van der Waals surface area contributed by atoms with E-state index in [0.29, 0.717) is 16.1 Å². The second-order valence-electron chi connectivity index (χ2n) is 7.69. The van der Waals surface area contributed by atoms with Gasteiger partial charge in [-0.2, -0.15) is 0 Å². The largest absolute Gasteiger partial charge is 0.346 e. The fourth-order valence-corrected chi connectivity index (χ4v) is 4.72. The van der Waals surface area contributed by atoms with Crippen LogP contribution in [-0.2, 0) is 16.0 Å². The van der Waals surface area contributed by atoms with Crippen LogP contribution in [0.15, 0.2) is 58.5 Å². The van der Waals surface area contributed by atoms with Gasteiger partial charge in [-0.15, -0.1) is 0 Å². The Bertz CT molecular complexity index is 1200. The van der Waals surface area contributed by atoms with E-state index in [1.165, 1.54) is 11.8 Å². The molecule has 2 heterocycles. The average molecular weight is 451 g/mol. The number of carbonyl (C=O) groups is 2. The first-order chi connectivity index (χ1) is 15.6. The van der Waals surface area contributed by atoms with Crippen molar-refractivity contribution in [3.63, 3.8) is 0 Å². The van der Waals surface area contributed by atoms with E-state index in [1.807, 2.05) is 43.3 Å². The van der Waals surface area contributed by atoms with Crippen LogP contribution in [-0.4, -0.2) is 51.7 Å². The van der Waals surface area contributed by atoms with Crippen LogP contribution in [0.4, 0.5) is 0 Å². The van der Waals surface area contributed by atoms with Gasteiger partial charge in [-0.05, 0) is 43.0 Å². The molecule has 32 heavy (non-hydrogen) atoms. The number of fused-ring (bicyclic) bond motifs is 1. The van der Waals surface area contributed by atoms with Gasteiger partial charge >= 0.3 is 0 Å². The van der Waals surface area contributed by atoms with Crippen LogP contribution in [0.5, 0.6) is 0 Å². The Morgan fingerprint density at radius 3 is 2.56 bits per heavy atom. The second-order valence-corrected chi connectivity index (χ2v) is 8.63. The number of aromatic nitrogens is 2. The van der Waals surface area contributed by atoms with Crippen LogP contribution in [0, 0.1) is 0 Å². The topological polar surface area (TPSA) is 84.3 Å². The molecule has 0 spiro atoms. The highest BCUT2D eigenvalue weighted by Gasteiger charge is 2.19. The Balaban J connectivity index is 1.58. The third-order valence-electron chi connectivity index (χ3n) is 5.59. The molecule has 4 rings (SSSR count). The Hall–Kier alpha value is -3.13. The van der Waals surface area contributed by atoms with Crippen molar-refractivity contribution in [2.24, 2.45) is 0 Å². The molecule has 1 saturated heterocycles. The van der Waals surface area contributed by atoms with Crippen molar-refractivity contribution in [2.75, 3.05) is 25.4 Å². The van der Waals surface area contributed by atoms with E-state index in [0.717, 1.165) is 43.6 Å². The van der Waals surface area contributed by atoms with E-state index >= 15 is 0 Å². The average Bonchev–Trinajstić information content (AvgIpc) is 3.36. The lowest BCUT2D eigenvalue weighted by Gasteiger charge is -2.16. The smallest absolute Gasteiger partial charge is 0.266 e. The minimum absolute atomic E-state index is 0.00395. The summed E-state index contributed by atoms with van der Waals surface area (Å²) in [5, 5.41) is 3.68. The van der Waals surface area contributed by atoms with Gasteiger partial charge in [-0.1, -0.05) is 49.0 Å². The van der Waals surface area contributed by atoms with Crippen molar-refractivity contribution in [1.82, 2.24) is 19.8 Å². The van der Waals surface area contributed by atoms with Gasteiger partial charge in [-0.25, -0.2) is 4.98 Å². The van der Waals surface area contributed by atoms with Crippen molar-refractivity contribution in [2.45, 2.75) is 31.3 Å². The number of likely N-dealkylation sites (tertiary alicyclic amines) is 1. The summed E-state index contributed by atoms with van der Waals surface area (Å²) < 4.78 is 1.59. The zero-order chi connectivity index (χ0) is 22.5. The van der Waals surface area contributed by atoms with E-state index < -0.39 is 0 Å². The van der Waals surface area contributed by atoms with Crippen molar-refractivity contribution < 1.29 is 9.59 Å². The molecular formula is C24H26N4O3S. The normalized spacial score (nSPS) is 13.5. The maximum atomic E-state index is 13.4. The number of carbonyl (C=O) groups excluding carboxylic acids is 2. The number of nitrogens with one attached hydrogen (secondary N) is 1. The lowest BCUT2D eigenvalue weighted by atomic mass is 10.1. The molecule has 1 N–H and O–H groups in total. The summed E-state index contributed by atoms with van der Waals surface area (Å²) >= 11 is 1.20. The Morgan fingerprint density at radius 1 is 1.06 bits per heavy atom. The van der Waals surface area contributed by atoms with Crippen LogP contribution >= 0.6 is 11.8 Å². The van der Waals surface area contributed by atoms with Crippen molar-refractivity contribution in [3.05, 3.63) is 64.4 Å². The molecule has 0 aliphatic carbocycles. The number of hydrogen-bond donors (Lipinski definition) is 1. The minimum Gasteiger partial charge on any atom is -0.346 e. The second kappa shape index (κ2) is 9.99. The molecule has 8 heteroatoms. The number of para-hydroxylation sites is 2. The summed E-state index contributed by atoms with van der Waals surface area (Å²) in [5.41, 5.74) is 2.22. The molecule has 2 aromatic carbocycles. The zero-order valence-corrected chi connectivity index (χ0v) is 18.9. The lowest BCUT2D eigenvalue weighted by Crippen LogP contribution is -2.39. The Labute approximate surface area is 190 Å². The van der Waals surface area contributed by atoms with Crippen LogP contribution in [0.1, 0.15) is 25.3 Å². The molecule has 0 bridgehead atoms. The first-order valence-corrected chi connectivity index (χ1v) is 11.8. The molecule has 0 atom stereocenters. The number of rotatable bonds is 7. The standard InChI is InChI=1S/C24H26N4O3S/c1-2-17-9-3-6-12-20(17)28-23(31)18-10-4-5-11-19(18)26-24(28)32-16-21(29)25-15-22(30)27-13-7-8-14-27/h3-6,9-12H,2,7-8,13-16H2,1H3,(H,25,29). The van der Waals surface area contributed by atoms with E-state index in [-0.39, 0.29) is 29.7 Å². The van der Waals surface area contributed by atoms with Crippen LogP contribution in [0.25, 0.3) is 16.6 Å². The minimum atomic E-state index is -0.264. The quantitative estimate of drug-likeness (QED) is 0.442. The van der Waals surface area contributed by atoms with Gasteiger partial charge in [0.05, 0.1) is 28.9 Å². The van der Waals surface area contributed by atoms with E-state index in [1.54, 1.807) is 21.6 Å². The molecule has 0 saturated carbocycles. The maximum absolute atomic E-state index is 13.4. The van der Waals surface area contributed by atoms with Gasteiger partial charge in [0.1, 0.15) is 0 Å². The highest BCUT2D eigenvalue weighted by Crippen LogP contribution is 2.23. The Morgan fingerprint density at radius 2 is 1.78 bits per heavy atom. The van der Waals surface area contributed by atoms with E-state index in [9.17, 15) is 14.4 Å². The third-order valence-corrected chi connectivity index (χ3v) is 6.52. The summed E-state index contributed by atoms with van der Waals surface area (Å²) in [5.74, 6) is -0.259. The Kier molecular flexibility index (Phi) is 6.90. The summed E-state index contributed by atoms with van der Waals surface area (Å²) in [6.45, 7) is 3.55. The molecular weight excluding hydrogens is 424 g/mol. The molecule has 7 nitrogen and oxygen atoms in total. The summed E-state index contributed by atoms with van der Waals surface area (Å²) in [6, 6.07) is 14.9. The molecule has 0 unspecified atom stereocenters. The number of benzene rings is 2. The van der Waals surface area contributed by atoms with Gasteiger partial charge in [0.2, 0.25) is 11.8 Å². The zero-order valence-electron chi connectivity index (χ0n) is 18.0. The van der Waals surface area contributed by atoms with Crippen molar-refractivity contribution >= 4 is 34.5 Å². The molecule has 1 aromatic heterocycles. The summed E-state index contributed by atoms with van der Waals surface area (Å²) in [4.78, 5) is 44.5. The van der Waals surface area contributed by atoms with Gasteiger partial charge in [0.15, 0.2) is 5.16 Å². The predicted molar refractivity (Wildman–Crippen MR) is 126 cm³/mol. The molecule has 2 amide bonds. The number of aryl methyl sites for hydroxylation is 1. The highest BCUT2D eigenvalue weighted by atomic mass is 32.2. The van der Waals surface area contributed by atoms with E-state index in [4.69, 9.17) is 0 Å². The number of hydrogen-bond acceptors (Lipinski definition) is 5. The predicted octanol–water partition coefficient (Wildman–Crippen LogP) is 2.78. The van der Waals surface area contributed by atoms with Crippen molar-refractivity contribution in [3.8, 4) is 5.69 Å². The van der Waals surface area contributed by atoms with Crippen molar-refractivity contribution in [1.29, 1.82) is 0 Å². The van der Waals surface area contributed by atoms with Crippen LogP contribution in [0.3, 0.4) is 0 Å². The monoisotopic (exact) mass is 450 g/mol. The number of nitrogens with zero attached hydrogens (tertiary/aromatic N) is 3. The molecule has 1 fully saturated rings. The van der Waals surface area contributed by atoms with Gasteiger partial charge in [0, 0.05) is 13.1 Å². The number of thioether (sulfide) groups is 1. The number of amides is 2. The lowest BCUT2D eigenvalue weighted by molar-refractivity contribution is -0.131. The SMILES string of the molecule is CCc1ccccc1-n1c(SCC(=O)NCC(=O)N2CCCC2)nc2ccccc2c1=O. The fraction of sp³-hybridized carbons (Fsp3) is 0.333. The maximum Gasteiger partial charge on any atom is 0.266 e. The van der Waals surface area contributed by atoms with Gasteiger partial charge < -0.3 is 10.2 Å². The summed E-state index contributed by atoms with van der Waals surface area (Å²) in [6.07, 6.45) is 2.79. The van der Waals surface area contributed by atoms with Gasteiger partial charge in [-0.3, -0.25) is 19.0 Å².